The molecule has 0 spiro atoms. The Bertz CT molecular complexity index is 349. The molecule has 2 rings (SSSR count). The summed E-state index contributed by atoms with van der Waals surface area (Å²) in [7, 11) is 0. The predicted octanol–water partition coefficient (Wildman–Crippen LogP) is 4.64. The van der Waals surface area contributed by atoms with E-state index in [0.717, 1.165) is 12.8 Å². The molecule has 2 heteroatoms. The lowest BCUT2D eigenvalue weighted by Crippen LogP contribution is -2.22. The molecular weight excluding hydrogens is 224 g/mol. The first kappa shape index (κ1) is 11.2. The van der Waals surface area contributed by atoms with E-state index in [-0.39, 0.29) is 5.38 Å². The largest absolute Gasteiger partial charge is 0.149 e. The van der Waals surface area contributed by atoms with Gasteiger partial charge in [0.1, 0.15) is 0 Å². The Morgan fingerprint density at radius 3 is 2.93 bits per heavy atom. The molecule has 0 fully saturated rings. The molecule has 0 nitrogen and oxygen atoms in total. The van der Waals surface area contributed by atoms with E-state index in [9.17, 15) is 0 Å². The van der Waals surface area contributed by atoms with Crippen molar-refractivity contribution < 1.29 is 0 Å². The summed E-state index contributed by atoms with van der Waals surface area (Å²) in [5.74, 6) is 0. The molecule has 1 aromatic heterocycles. The Kier molecular flexibility index (Phi) is 3.22. The van der Waals surface area contributed by atoms with Crippen LogP contribution in [0.5, 0.6) is 0 Å². The molecule has 1 aliphatic rings. The van der Waals surface area contributed by atoms with Crippen LogP contribution in [-0.2, 0) is 6.42 Å². The summed E-state index contributed by atoms with van der Waals surface area (Å²) in [6, 6.07) is 4.32. The fourth-order valence-electron chi connectivity index (χ4n) is 2.35. The number of thiophene rings is 1. The molecule has 0 saturated heterocycles. The highest BCUT2D eigenvalue weighted by atomic mass is 35.5. The molecule has 0 aliphatic heterocycles. The van der Waals surface area contributed by atoms with E-state index in [1.807, 2.05) is 11.3 Å². The van der Waals surface area contributed by atoms with Crippen LogP contribution in [0.2, 0.25) is 0 Å². The molecule has 0 bridgehead atoms. The zero-order valence-corrected chi connectivity index (χ0v) is 10.9. The summed E-state index contributed by atoms with van der Waals surface area (Å²) in [5.41, 5.74) is 1.88. The van der Waals surface area contributed by atoms with Crippen molar-refractivity contribution in [3.63, 3.8) is 0 Å². The minimum Gasteiger partial charge on any atom is -0.149 e. The van der Waals surface area contributed by atoms with E-state index in [0.29, 0.717) is 5.41 Å². The number of alkyl halides is 1. The van der Waals surface area contributed by atoms with Gasteiger partial charge in [-0.05, 0) is 29.7 Å². The normalized spacial score (nSPS) is 25.0. The smallest absolute Gasteiger partial charge is 0.0523 e. The summed E-state index contributed by atoms with van der Waals surface area (Å²) in [6.07, 6.45) is 5.63. The monoisotopic (exact) mass is 240 g/mol. The quantitative estimate of drug-likeness (QED) is 0.522. The molecule has 1 heterocycles. The molecule has 1 aliphatic carbocycles. The van der Waals surface area contributed by atoms with Gasteiger partial charge in [0.25, 0.3) is 0 Å². The molecule has 1 unspecified atom stereocenters. The van der Waals surface area contributed by atoms with Crippen molar-refractivity contribution >= 4 is 22.9 Å². The zero-order chi connectivity index (χ0) is 10.9. The molecule has 0 saturated carbocycles. The predicted molar refractivity (Wildman–Crippen MR) is 68.8 cm³/mol. The second-order valence-corrected chi connectivity index (χ2v) is 6.73. The Balaban J connectivity index is 2.09. The molecule has 1 aromatic rings. The maximum atomic E-state index is 6.26. The second kappa shape index (κ2) is 4.31. The van der Waals surface area contributed by atoms with Gasteiger partial charge in [-0.15, -0.1) is 22.9 Å². The van der Waals surface area contributed by atoms with E-state index < -0.39 is 0 Å². The number of halogens is 1. The molecule has 15 heavy (non-hydrogen) atoms. The Hall–Kier alpha value is -0.270. The molecule has 0 aromatic carbocycles. The third-order valence-electron chi connectivity index (χ3n) is 2.85. The maximum absolute atomic E-state index is 6.26. The van der Waals surface area contributed by atoms with Crippen LogP contribution in [-0.4, -0.2) is 5.38 Å². The first-order valence-electron chi connectivity index (χ1n) is 5.41. The average molecular weight is 241 g/mol. The van der Waals surface area contributed by atoms with Crippen LogP contribution in [0.1, 0.15) is 31.6 Å². The number of hydrogen-bond donors (Lipinski definition) is 0. The van der Waals surface area contributed by atoms with Crippen molar-refractivity contribution in [3.8, 4) is 0 Å². The van der Waals surface area contributed by atoms with E-state index in [2.05, 4.69) is 37.4 Å². The van der Waals surface area contributed by atoms with Crippen LogP contribution in [0.3, 0.4) is 0 Å². The minimum absolute atomic E-state index is 0.226. The van der Waals surface area contributed by atoms with Gasteiger partial charge in [-0.25, -0.2) is 0 Å². The van der Waals surface area contributed by atoms with E-state index in [4.69, 9.17) is 11.6 Å². The summed E-state index contributed by atoms with van der Waals surface area (Å²) in [6.45, 7) is 4.62. The highest BCUT2D eigenvalue weighted by Crippen LogP contribution is 2.38. The van der Waals surface area contributed by atoms with Crippen molar-refractivity contribution in [2.75, 3.05) is 0 Å². The molecule has 0 amide bonds. The SMILES string of the molecule is CC1(C)CC(Cc2cccs2)=CC(Cl)C1. The van der Waals surface area contributed by atoms with Crippen LogP contribution in [0.25, 0.3) is 0 Å². The van der Waals surface area contributed by atoms with Gasteiger partial charge < -0.3 is 0 Å². The first-order valence-corrected chi connectivity index (χ1v) is 6.73. The van der Waals surface area contributed by atoms with Crippen LogP contribution in [0.15, 0.2) is 29.2 Å². The number of allylic oxidation sites excluding steroid dienone is 2. The van der Waals surface area contributed by atoms with Crippen LogP contribution >= 0.6 is 22.9 Å². The summed E-state index contributed by atoms with van der Waals surface area (Å²) >= 11 is 8.10. The standard InChI is InChI=1S/C13H17ClS/c1-13(2)8-10(6-11(14)9-13)7-12-4-3-5-15-12/h3-6,11H,7-9H2,1-2H3. The van der Waals surface area contributed by atoms with Crippen molar-refractivity contribution in [1.29, 1.82) is 0 Å². The third kappa shape index (κ3) is 3.09. The van der Waals surface area contributed by atoms with Crippen LogP contribution in [0, 0.1) is 5.41 Å². The average Bonchev–Trinajstić information content (AvgIpc) is 2.52. The highest BCUT2D eigenvalue weighted by Gasteiger charge is 2.27. The second-order valence-electron chi connectivity index (χ2n) is 5.14. The molecule has 1 atom stereocenters. The topological polar surface area (TPSA) is 0 Å². The van der Waals surface area contributed by atoms with Gasteiger partial charge in [-0.3, -0.25) is 0 Å². The number of hydrogen-bond acceptors (Lipinski definition) is 1. The van der Waals surface area contributed by atoms with Crippen LogP contribution < -0.4 is 0 Å². The van der Waals surface area contributed by atoms with E-state index in [1.54, 1.807) is 0 Å². The van der Waals surface area contributed by atoms with Gasteiger partial charge in [-0.2, -0.15) is 0 Å². The van der Waals surface area contributed by atoms with Crippen molar-refractivity contribution in [2.45, 2.75) is 38.5 Å². The fraction of sp³-hybridized carbons (Fsp3) is 0.538. The van der Waals surface area contributed by atoms with Crippen molar-refractivity contribution in [3.05, 3.63) is 34.0 Å². The molecule has 82 valence electrons. The summed E-state index contributed by atoms with van der Waals surface area (Å²) in [4.78, 5) is 1.45. The maximum Gasteiger partial charge on any atom is 0.0523 e. The van der Waals surface area contributed by atoms with E-state index in [1.165, 1.54) is 16.9 Å². The first-order chi connectivity index (χ1) is 7.05. The Labute approximate surface area is 101 Å². The van der Waals surface area contributed by atoms with E-state index >= 15 is 0 Å². The van der Waals surface area contributed by atoms with Gasteiger partial charge >= 0.3 is 0 Å². The van der Waals surface area contributed by atoms with Gasteiger partial charge in [0, 0.05) is 11.3 Å². The molecule has 0 radical (unpaired) electrons. The van der Waals surface area contributed by atoms with Gasteiger partial charge in [0.2, 0.25) is 0 Å². The lowest BCUT2D eigenvalue weighted by Gasteiger charge is -2.32. The Morgan fingerprint density at radius 1 is 1.53 bits per heavy atom. The molecule has 0 N–H and O–H groups in total. The van der Waals surface area contributed by atoms with Crippen LogP contribution in [0.4, 0.5) is 0 Å². The minimum atomic E-state index is 0.226. The van der Waals surface area contributed by atoms with Crippen molar-refractivity contribution in [2.24, 2.45) is 5.41 Å². The number of rotatable bonds is 2. The lowest BCUT2D eigenvalue weighted by molar-refractivity contribution is 0.320. The summed E-state index contributed by atoms with van der Waals surface area (Å²) in [5, 5.41) is 2.37. The highest BCUT2D eigenvalue weighted by molar-refractivity contribution is 7.09. The van der Waals surface area contributed by atoms with Gasteiger partial charge in [0.15, 0.2) is 0 Å². The zero-order valence-electron chi connectivity index (χ0n) is 9.29. The van der Waals surface area contributed by atoms with Gasteiger partial charge in [0.05, 0.1) is 5.38 Å². The summed E-state index contributed by atoms with van der Waals surface area (Å²) < 4.78 is 0. The molecular formula is C13H17ClS. The Morgan fingerprint density at radius 2 is 2.33 bits per heavy atom. The van der Waals surface area contributed by atoms with Gasteiger partial charge in [-0.1, -0.05) is 31.6 Å². The lowest BCUT2D eigenvalue weighted by atomic mass is 9.76. The fourth-order valence-corrected chi connectivity index (χ4v) is 3.70. The van der Waals surface area contributed by atoms with Crippen molar-refractivity contribution in [1.82, 2.24) is 0 Å². The third-order valence-corrected chi connectivity index (χ3v) is 4.01.